The minimum absolute atomic E-state index is 0.0778. The van der Waals surface area contributed by atoms with Gasteiger partial charge in [0, 0.05) is 30.8 Å². The molecule has 1 aromatic carbocycles. The molecule has 106 valence electrons. The van der Waals surface area contributed by atoms with Crippen molar-refractivity contribution in [3.8, 4) is 0 Å². The summed E-state index contributed by atoms with van der Waals surface area (Å²) in [5.74, 6) is -2.41. The minimum Gasteiger partial charge on any atom is -0.361 e. The maximum Gasteiger partial charge on any atom is 0.168 e. The molecule has 1 saturated carbocycles. The van der Waals surface area contributed by atoms with E-state index in [-0.39, 0.29) is 28.2 Å². The van der Waals surface area contributed by atoms with Crippen LogP contribution in [0.15, 0.2) is 30.0 Å². The lowest BCUT2D eigenvalue weighted by Gasteiger charge is -2.28. The summed E-state index contributed by atoms with van der Waals surface area (Å²) in [6, 6.07) is 3.27. The van der Waals surface area contributed by atoms with Gasteiger partial charge in [-0.05, 0) is 17.5 Å². The lowest BCUT2D eigenvalue weighted by atomic mass is 9.74. The Morgan fingerprint density at radius 1 is 1.10 bits per heavy atom. The Balaban J connectivity index is 2.17. The van der Waals surface area contributed by atoms with Gasteiger partial charge in [0.15, 0.2) is 23.2 Å². The van der Waals surface area contributed by atoms with Gasteiger partial charge in [0.25, 0.3) is 0 Å². The third kappa shape index (κ3) is 3.10. The molecule has 0 heterocycles. The number of carbonyl (C=O) groups is 2. The van der Waals surface area contributed by atoms with Crippen molar-refractivity contribution in [2.75, 3.05) is 5.32 Å². The number of carbonyl (C=O) groups excluding carboxylic acids is 2. The molecular weight excluding hydrogens is 264 g/mol. The van der Waals surface area contributed by atoms with Gasteiger partial charge in [-0.15, -0.1) is 0 Å². The van der Waals surface area contributed by atoms with Crippen LogP contribution in [0.5, 0.6) is 0 Å². The van der Waals surface area contributed by atoms with Crippen LogP contribution in [0.25, 0.3) is 0 Å². The highest BCUT2D eigenvalue weighted by atomic mass is 19.2. The second kappa shape index (κ2) is 5.15. The van der Waals surface area contributed by atoms with E-state index in [1.54, 1.807) is 0 Å². The topological polar surface area (TPSA) is 46.2 Å². The zero-order valence-corrected chi connectivity index (χ0v) is 11.3. The maximum absolute atomic E-state index is 13.0. The summed E-state index contributed by atoms with van der Waals surface area (Å²) in [4.78, 5) is 23.8. The molecule has 0 radical (unpaired) electrons. The fourth-order valence-electron chi connectivity index (χ4n) is 2.18. The van der Waals surface area contributed by atoms with Crippen LogP contribution >= 0.6 is 0 Å². The number of Topliss-reactive ketones (excluding diaryl/α,β-unsaturated/α-hetero) is 2. The molecule has 1 aliphatic rings. The molecule has 0 aliphatic heterocycles. The van der Waals surface area contributed by atoms with Gasteiger partial charge in [-0.1, -0.05) is 13.8 Å². The average Bonchev–Trinajstić information content (AvgIpc) is 2.31. The van der Waals surface area contributed by atoms with E-state index in [2.05, 4.69) is 5.32 Å². The van der Waals surface area contributed by atoms with E-state index < -0.39 is 11.6 Å². The fraction of sp³-hybridized carbons (Fsp3) is 0.333. The molecule has 20 heavy (non-hydrogen) atoms. The number of halogens is 2. The zero-order valence-electron chi connectivity index (χ0n) is 11.3. The maximum atomic E-state index is 13.0. The molecule has 1 aliphatic carbocycles. The SMILES string of the molecule is CC1(C)CC(=O)C(=CNc2ccc(F)c(F)c2)C(=O)C1. The molecule has 1 aromatic rings. The molecule has 0 spiro atoms. The monoisotopic (exact) mass is 279 g/mol. The van der Waals surface area contributed by atoms with Crippen LogP contribution in [0.4, 0.5) is 14.5 Å². The van der Waals surface area contributed by atoms with Crippen LogP contribution in [0, 0.1) is 17.0 Å². The van der Waals surface area contributed by atoms with Gasteiger partial charge in [0.2, 0.25) is 0 Å². The quantitative estimate of drug-likeness (QED) is 0.668. The number of rotatable bonds is 2. The Morgan fingerprint density at radius 2 is 1.70 bits per heavy atom. The molecule has 0 amide bonds. The van der Waals surface area contributed by atoms with Crippen molar-refractivity contribution in [1.82, 2.24) is 0 Å². The van der Waals surface area contributed by atoms with Gasteiger partial charge in [-0.2, -0.15) is 0 Å². The smallest absolute Gasteiger partial charge is 0.168 e. The average molecular weight is 279 g/mol. The van der Waals surface area contributed by atoms with Gasteiger partial charge >= 0.3 is 0 Å². The molecule has 0 unspecified atom stereocenters. The number of benzene rings is 1. The van der Waals surface area contributed by atoms with Crippen LogP contribution < -0.4 is 5.32 Å². The van der Waals surface area contributed by atoms with E-state index in [0.29, 0.717) is 12.8 Å². The lowest BCUT2D eigenvalue weighted by Crippen LogP contribution is -2.31. The van der Waals surface area contributed by atoms with Crippen molar-refractivity contribution in [2.45, 2.75) is 26.7 Å². The highest BCUT2D eigenvalue weighted by molar-refractivity contribution is 6.22. The summed E-state index contributed by atoms with van der Waals surface area (Å²) in [5, 5.41) is 2.66. The first-order chi connectivity index (χ1) is 9.28. The van der Waals surface area contributed by atoms with Crippen molar-refractivity contribution in [3.05, 3.63) is 41.6 Å². The predicted molar refractivity (Wildman–Crippen MR) is 71.1 cm³/mol. The van der Waals surface area contributed by atoms with Crippen LogP contribution in [0.2, 0.25) is 0 Å². The van der Waals surface area contributed by atoms with Gasteiger partial charge in [-0.3, -0.25) is 9.59 Å². The minimum atomic E-state index is -0.990. The summed E-state index contributed by atoms with van der Waals surface area (Å²) >= 11 is 0. The molecule has 1 N–H and O–H groups in total. The van der Waals surface area contributed by atoms with Crippen LogP contribution in [0.1, 0.15) is 26.7 Å². The van der Waals surface area contributed by atoms with Gasteiger partial charge in [0.05, 0.1) is 5.57 Å². The highest BCUT2D eigenvalue weighted by Gasteiger charge is 2.35. The molecule has 5 heteroatoms. The summed E-state index contributed by atoms with van der Waals surface area (Å²) in [5.41, 5.74) is 0.0314. The van der Waals surface area contributed by atoms with Crippen molar-refractivity contribution in [1.29, 1.82) is 0 Å². The van der Waals surface area contributed by atoms with E-state index in [4.69, 9.17) is 0 Å². The molecule has 1 fully saturated rings. The van der Waals surface area contributed by atoms with Crippen molar-refractivity contribution < 1.29 is 18.4 Å². The van der Waals surface area contributed by atoms with Crippen LogP contribution in [-0.4, -0.2) is 11.6 Å². The normalized spacial score (nSPS) is 18.1. The zero-order chi connectivity index (χ0) is 14.9. The van der Waals surface area contributed by atoms with Gasteiger partial charge in [0.1, 0.15) is 0 Å². The van der Waals surface area contributed by atoms with Gasteiger partial charge < -0.3 is 5.32 Å². The molecule has 2 rings (SSSR count). The van der Waals surface area contributed by atoms with Crippen molar-refractivity contribution in [3.63, 3.8) is 0 Å². The predicted octanol–water partition coefficient (Wildman–Crippen LogP) is 3.22. The van der Waals surface area contributed by atoms with E-state index in [9.17, 15) is 18.4 Å². The summed E-state index contributed by atoms with van der Waals surface area (Å²) < 4.78 is 25.8. The van der Waals surface area contributed by atoms with Gasteiger partial charge in [-0.25, -0.2) is 8.78 Å². The molecular formula is C15H15F2NO2. The second-order valence-corrected chi connectivity index (χ2v) is 5.70. The van der Waals surface area contributed by atoms with Crippen LogP contribution in [0.3, 0.4) is 0 Å². The Labute approximate surface area is 115 Å². The number of allylic oxidation sites excluding steroid dienone is 1. The third-order valence-electron chi connectivity index (χ3n) is 3.18. The molecule has 0 atom stereocenters. The fourth-order valence-corrected chi connectivity index (χ4v) is 2.18. The Bertz CT molecular complexity index is 584. The number of hydrogen-bond acceptors (Lipinski definition) is 3. The third-order valence-corrected chi connectivity index (χ3v) is 3.18. The first-order valence-corrected chi connectivity index (χ1v) is 6.27. The number of nitrogens with one attached hydrogen (secondary N) is 1. The first kappa shape index (κ1) is 14.4. The molecule has 3 nitrogen and oxygen atoms in total. The number of hydrogen-bond donors (Lipinski definition) is 1. The van der Waals surface area contributed by atoms with E-state index >= 15 is 0 Å². The number of ketones is 2. The molecule has 0 bridgehead atoms. The van der Waals surface area contributed by atoms with Crippen LogP contribution in [-0.2, 0) is 9.59 Å². The van der Waals surface area contributed by atoms with E-state index in [1.807, 2.05) is 13.8 Å². The van der Waals surface area contributed by atoms with Crippen molar-refractivity contribution in [2.24, 2.45) is 5.41 Å². The Morgan fingerprint density at radius 3 is 2.25 bits per heavy atom. The first-order valence-electron chi connectivity index (χ1n) is 6.27. The summed E-state index contributed by atoms with van der Waals surface area (Å²) in [6.07, 6.45) is 1.86. The summed E-state index contributed by atoms with van der Waals surface area (Å²) in [7, 11) is 0. The van der Waals surface area contributed by atoms with E-state index in [1.165, 1.54) is 12.3 Å². The molecule has 0 aromatic heterocycles. The standard InChI is InChI=1S/C15H15F2NO2/c1-15(2)6-13(19)10(14(20)7-15)8-18-9-3-4-11(16)12(17)5-9/h3-5,8,18H,6-7H2,1-2H3. The Kier molecular flexibility index (Phi) is 3.70. The van der Waals surface area contributed by atoms with Crippen molar-refractivity contribution >= 4 is 17.3 Å². The summed E-state index contributed by atoms with van der Waals surface area (Å²) in [6.45, 7) is 3.73. The van der Waals surface area contributed by atoms with E-state index in [0.717, 1.165) is 12.1 Å². The number of anilines is 1. The molecule has 0 saturated heterocycles. The Hall–Kier alpha value is -2.04. The second-order valence-electron chi connectivity index (χ2n) is 5.70. The highest BCUT2D eigenvalue weighted by Crippen LogP contribution is 2.33. The largest absolute Gasteiger partial charge is 0.361 e. The lowest BCUT2D eigenvalue weighted by molar-refractivity contribution is -0.127.